The molecular weight excluding hydrogens is 359 g/mol. The van der Waals surface area contributed by atoms with Crippen LogP contribution in [0.2, 0.25) is 5.02 Å². The first-order valence-corrected chi connectivity index (χ1v) is 8.31. The number of nitro benzene ring substituents is 1. The number of halogens is 2. The molecule has 0 aliphatic heterocycles. The summed E-state index contributed by atoms with van der Waals surface area (Å²) < 4.78 is 35.0. The summed E-state index contributed by atoms with van der Waals surface area (Å²) in [5.74, 6) is 0. The van der Waals surface area contributed by atoms with E-state index in [9.17, 15) is 22.4 Å². The van der Waals surface area contributed by atoms with Gasteiger partial charge in [-0.15, -0.1) is 3.89 Å². The number of nitrogens with zero attached hydrogens (tertiary/aromatic N) is 2. The molecule has 0 radical (unpaired) electrons. The summed E-state index contributed by atoms with van der Waals surface area (Å²) in [5.41, 5.74) is 1.39. The van der Waals surface area contributed by atoms with Gasteiger partial charge in [-0.1, -0.05) is 11.6 Å². The largest absolute Gasteiger partial charge is 0.332 e. The van der Waals surface area contributed by atoms with Crippen LogP contribution in [0, 0.1) is 10.1 Å². The number of non-ortho nitro benzene ring substituents is 1. The fourth-order valence-electron chi connectivity index (χ4n) is 2.22. The quantitative estimate of drug-likeness (QED) is 0.395. The van der Waals surface area contributed by atoms with Crippen LogP contribution in [0.1, 0.15) is 0 Å². The van der Waals surface area contributed by atoms with Crippen LogP contribution in [-0.2, 0) is 10.2 Å². The molecule has 0 atom stereocenters. The van der Waals surface area contributed by atoms with Gasteiger partial charge in [0.05, 0.1) is 26.1 Å². The molecule has 0 aliphatic carbocycles. The molecule has 0 amide bonds. The van der Waals surface area contributed by atoms with E-state index in [1.54, 1.807) is 0 Å². The molecule has 0 saturated heterocycles. The fourth-order valence-corrected chi connectivity index (χ4v) is 2.96. The summed E-state index contributed by atoms with van der Waals surface area (Å²) in [7, 11) is -4.84. The second-order valence-electron chi connectivity index (χ2n) is 4.91. The van der Waals surface area contributed by atoms with Crippen molar-refractivity contribution in [1.29, 1.82) is 0 Å². The van der Waals surface area contributed by atoms with Crippen molar-refractivity contribution in [2.45, 2.75) is 4.90 Å². The van der Waals surface area contributed by atoms with E-state index >= 15 is 0 Å². The van der Waals surface area contributed by atoms with Crippen molar-refractivity contribution < 1.29 is 17.2 Å². The third kappa shape index (κ3) is 3.06. The highest BCUT2D eigenvalue weighted by molar-refractivity contribution is 7.86. The van der Waals surface area contributed by atoms with E-state index in [-0.39, 0.29) is 10.7 Å². The summed E-state index contributed by atoms with van der Waals surface area (Å²) in [6.45, 7) is 0. The van der Waals surface area contributed by atoms with Gasteiger partial charge in [0, 0.05) is 23.1 Å². The highest BCUT2D eigenvalue weighted by atomic mass is 35.5. The predicted octanol–water partition coefficient (Wildman–Crippen LogP) is 4.12. The SMILES string of the molecule is O=[N+]([O-])c1ccc(-c2cc(Cl)c3cc(S(=O)(=O)F)ccc3n2)cc1. The van der Waals surface area contributed by atoms with Gasteiger partial charge in [0.15, 0.2) is 0 Å². The molecular formula is C15H8ClFN2O4S. The van der Waals surface area contributed by atoms with Crippen LogP contribution in [0.4, 0.5) is 9.57 Å². The van der Waals surface area contributed by atoms with Crippen molar-refractivity contribution in [2.75, 3.05) is 0 Å². The predicted molar refractivity (Wildman–Crippen MR) is 87.1 cm³/mol. The van der Waals surface area contributed by atoms with Gasteiger partial charge in [-0.3, -0.25) is 10.1 Å². The van der Waals surface area contributed by atoms with E-state index in [0.717, 1.165) is 12.1 Å². The van der Waals surface area contributed by atoms with Gasteiger partial charge < -0.3 is 0 Å². The molecule has 0 saturated carbocycles. The number of rotatable bonds is 3. The van der Waals surface area contributed by atoms with Crippen LogP contribution in [0.15, 0.2) is 53.4 Å². The van der Waals surface area contributed by atoms with Crippen LogP contribution in [0.25, 0.3) is 22.2 Å². The molecule has 0 unspecified atom stereocenters. The Labute approximate surface area is 140 Å². The Kier molecular flexibility index (Phi) is 3.94. The Morgan fingerprint density at radius 2 is 1.75 bits per heavy atom. The Bertz CT molecular complexity index is 1070. The Balaban J connectivity index is 2.13. The van der Waals surface area contributed by atoms with Gasteiger partial charge in [-0.25, -0.2) is 4.98 Å². The monoisotopic (exact) mass is 366 g/mol. The van der Waals surface area contributed by atoms with Crippen LogP contribution in [0.5, 0.6) is 0 Å². The van der Waals surface area contributed by atoms with Gasteiger partial charge in [0.25, 0.3) is 5.69 Å². The molecule has 122 valence electrons. The van der Waals surface area contributed by atoms with Crippen molar-refractivity contribution >= 4 is 38.4 Å². The smallest absolute Gasteiger partial charge is 0.258 e. The van der Waals surface area contributed by atoms with E-state index in [4.69, 9.17) is 11.6 Å². The minimum Gasteiger partial charge on any atom is -0.258 e. The molecule has 6 nitrogen and oxygen atoms in total. The van der Waals surface area contributed by atoms with Crippen molar-refractivity contribution in [3.63, 3.8) is 0 Å². The number of pyridine rings is 1. The minimum atomic E-state index is -4.84. The summed E-state index contributed by atoms with van der Waals surface area (Å²) in [5, 5.41) is 11.2. The lowest BCUT2D eigenvalue weighted by molar-refractivity contribution is -0.384. The summed E-state index contributed by atoms with van der Waals surface area (Å²) in [4.78, 5) is 14.0. The first-order valence-electron chi connectivity index (χ1n) is 6.55. The molecule has 0 fully saturated rings. The molecule has 3 aromatic rings. The van der Waals surface area contributed by atoms with Gasteiger partial charge in [0.2, 0.25) is 0 Å². The Hall–Kier alpha value is -2.58. The maximum Gasteiger partial charge on any atom is 0.332 e. The fraction of sp³-hybridized carbons (Fsp3) is 0. The number of aromatic nitrogens is 1. The van der Waals surface area contributed by atoms with Crippen molar-refractivity contribution in [3.05, 3.63) is 63.7 Å². The first-order chi connectivity index (χ1) is 11.3. The second kappa shape index (κ2) is 5.81. The van der Waals surface area contributed by atoms with E-state index in [1.807, 2.05) is 0 Å². The number of hydrogen-bond acceptors (Lipinski definition) is 5. The van der Waals surface area contributed by atoms with Crippen molar-refractivity contribution in [3.8, 4) is 11.3 Å². The van der Waals surface area contributed by atoms with E-state index < -0.39 is 20.0 Å². The maximum atomic E-state index is 13.1. The molecule has 9 heteroatoms. The van der Waals surface area contributed by atoms with Crippen LogP contribution < -0.4 is 0 Å². The third-order valence-corrected chi connectivity index (χ3v) is 4.51. The number of nitro groups is 1. The van der Waals surface area contributed by atoms with Crippen molar-refractivity contribution in [2.24, 2.45) is 0 Å². The van der Waals surface area contributed by atoms with Crippen molar-refractivity contribution in [1.82, 2.24) is 4.98 Å². The molecule has 0 spiro atoms. The molecule has 3 rings (SSSR count). The molecule has 0 bridgehead atoms. The normalized spacial score (nSPS) is 11.6. The standard InChI is InChI=1S/C15H8ClFN2O4S/c16-13-8-15(9-1-3-10(4-2-9)19(20)21)18-14-6-5-11(7-12(13)14)24(17,22)23/h1-8H. The lowest BCUT2D eigenvalue weighted by Crippen LogP contribution is -1.93. The summed E-state index contributed by atoms with van der Waals surface area (Å²) in [6.07, 6.45) is 0. The lowest BCUT2D eigenvalue weighted by atomic mass is 10.1. The van der Waals surface area contributed by atoms with Gasteiger partial charge >= 0.3 is 10.2 Å². The highest BCUT2D eigenvalue weighted by Crippen LogP contribution is 2.30. The minimum absolute atomic E-state index is 0.0524. The molecule has 0 N–H and O–H groups in total. The molecule has 24 heavy (non-hydrogen) atoms. The highest BCUT2D eigenvalue weighted by Gasteiger charge is 2.15. The van der Waals surface area contributed by atoms with E-state index in [2.05, 4.69) is 4.98 Å². The molecule has 2 aromatic carbocycles. The zero-order chi connectivity index (χ0) is 17.5. The van der Waals surface area contributed by atoms with Crippen LogP contribution >= 0.6 is 11.6 Å². The number of hydrogen-bond donors (Lipinski definition) is 0. The Morgan fingerprint density at radius 3 is 2.33 bits per heavy atom. The van der Waals surface area contributed by atoms with Crippen LogP contribution in [0.3, 0.4) is 0 Å². The first kappa shape index (κ1) is 16.3. The molecule has 1 aromatic heterocycles. The van der Waals surface area contributed by atoms with Crippen LogP contribution in [-0.4, -0.2) is 18.3 Å². The molecule has 1 heterocycles. The van der Waals surface area contributed by atoms with E-state index in [0.29, 0.717) is 22.2 Å². The van der Waals surface area contributed by atoms with Gasteiger partial charge in [-0.05, 0) is 36.4 Å². The van der Waals surface area contributed by atoms with E-state index in [1.165, 1.54) is 36.4 Å². The van der Waals surface area contributed by atoms with Gasteiger partial charge in [-0.2, -0.15) is 8.42 Å². The Morgan fingerprint density at radius 1 is 1.08 bits per heavy atom. The average Bonchev–Trinajstić information content (AvgIpc) is 2.53. The topological polar surface area (TPSA) is 90.2 Å². The summed E-state index contributed by atoms with van der Waals surface area (Å²) in [6, 6.07) is 10.8. The van der Waals surface area contributed by atoms with Gasteiger partial charge in [0.1, 0.15) is 0 Å². The number of benzene rings is 2. The maximum absolute atomic E-state index is 13.1. The lowest BCUT2D eigenvalue weighted by Gasteiger charge is -2.06. The zero-order valence-corrected chi connectivity index (χ0v) is 13.4. The zero-order valence-electron chi connectivity index (χ0n) is 11.8. The second-order valence-corrected chi connectivity index (χ2v) is 6.66. The third-order valence-electron chi connectivity index (χ3n) is 3.39. The average molecular weight is 367 g/mol. The number of fused-ring (bicyclic) bond motifs is 1. The summed E-state index contributed by atoms with van der Waals surface area (Å²) >= 11 is 6.15. The molecule has 0 aliphatic rings.